The summed E-state index contributed by atoms with van der Waals surface area (Å²) in [6, 6.07) is 0.867. The molecule has 0 unspecified atom stereocenters. The number of aromatic nitrogens is 2. The second-order valence-corrected chi connectivity index (χ2v) is 2.77. The fourth-order valence-corrected chi connectivity index (χ4v) is 1.10. The second-order valence-electron chi connectivity index (χ2n) is 2.77. The zero-order valence-electron chi connectivity index (χ0n) is 7.09. The van der Waals surface area contributed by atoms with E-state index in [1.165, 1.54) is 0 Å². The zero-order chi connectivity index (χ0) is 10.3. The molecular weight excluding hydrogens is 197 g/mol. The molecule has 14 heavy (non-hydrogen) atoms. The quantitative estimate of drug-likeness (QED) is 0.658. The molecule has 2 rings (SSSR count). The van der Waals surface area contributed by atoms with Crippen LogP contribution in [0.15, 0.2) is 16.7 Å². The first-order valence-corrected chi connectivity index (χ1v) is 3.77. The monoisotopic (exact) mass is 202 g/mol. The molecule has 2 aromatic rings. The van der Waals surface area contributed by atoms with E-state index in [1.807, 2.05) is 0 Å². The lowest BCUT2D eigenvalue weighted by molar-refractivity contribution is -0.141. The standard InChI is InChI=1S/C8H5F3N2O/c1-4-13-5-2-7(8(9,10)11)12-3-6(5)14-4/h2-3H,1H3. The smallest absolute Gasteiger partial charge is 0.433 e. The van der Waals surface area contributed by atoms with E-state index in [4.69, 9.17) is 4.42 Å². The summed E-state index contributed by atoms with van der Waals surface area (Å²) >= 11 is 0. The Morgan fingerprint density at radius 2 is 2.07 bits per heavy atom. The number of hydrogen-bond acceptors (Lipinski definition) is 3. The van der Waals surface area contributed by atoms with Crippen molar-refractivity contribution in [3.05, 3.63) is 23.8 Å². The van der Waals surface area contributed by atoms with Gasteiger partial charge in [0.25, 0.3) is 0 Å². The first kappa shape index (κ1) is 8.98. The summed E-state index contributed by atoms with van der Waals surface area (Å²) in [6.45, 7) is 1.56. The summed E-state index contributed by atoms with van der Waals surface area (Å²) in [5.41, 5.74) is -0.529. The normalized spacial score (nSPS) is 12.3. The maximum Gasteiger partial charge on any atom is 0.433 e. The highest BCUT2D eigenvalue weighted by Crippen LogP contribution is 2.29. The number of hydrogen-bond donors (Lipinski definition) is 0. The second kappa shape index (κ2) is 2.70. The minimum absolute atomic E-state index is 0.171. The molecule has 0 radical (unpaired) electrons. The molecule has 0 N–H and O–H groups in total. The molecule has 0 aliphatic rings. The highest BCUT2D eigenvalue weighted by Gasteiger charge is 2.32. The lowest BCUT2D eigenvalue weighted by Crippen LogP contribution is -2.07. The number of halogens is 3. The van der Waals surface area contributed by atoms with Gasteiger partial charge in [0.15, 0.2) is 11.5 Å². The van der Waals surface area contributed by atoms with Crippen LogP contribution in [0.4, 0.5) is 13.2 Å². The van der Waals surface area contributed by atoms with Crippen LogP contribution < -0.4 is 0 Å². The number of rotatable bonds is 0. The topological polar surface area (TPSA) is 38.9 Å². The van der Waals surface area contributed by atoms with Crippen LogP contribution in [0.1, 0.15) is 11.6 Å². The lowest BCUT2D eigenvalue weighted by Gasteiger charge is -2.03. The van der Waals surface area contributed by atoms with Crippen LogP contribution in [-0.2, 0) is 6.18 Å². The van der Waals surface area contributed by atoms with Crippen molar-refractivity contribution in [1.82, 2.24) is 9.97 Å². The van der Waals surface area contributed by atoms with E-state index >= 15 is 0 Å². The molecule has 0 aromatic carbocycles. The summed E-state index contributed by atoms with van der Waals surface area (Å²) < 4.78 is 41.6. The molecule has 0 spiro atoms. The molecule has 2 aromatic heterocycles. The molecule has 74 valence electrons. The Morgan fingerprint density at radius 1 is 1.36 bits per heavy atom. The molecule has 2 heterocycles. The third kappa shape index (κ3) is 1.43. The minimum atomic E-state index is -4.44. The van der Waals surface area contributed by atoms with Crippen LogP contribution in [0.2, 0.25) is 0 Å². The van der Waals surface area contributed by atoms with Gasteiger partial charge in [-0.3, -0.25) is 0 Å². The fraction of sp³-hybridized carbons (Fsp3) is 0.250. The molecule has 0 aliphatic heterocycles. The fourth-order valence-electron chi connectivity index (χ4n) is 1.10. The van der Waals surface area contributed by atoms with E-state index in [0.717, 1.165) is 12.3 Å². The molecule has 0 saturated heterocycles. The van der Waals surface area contributed by atoms with Crippen molar-refractivity contribution < 1.29 is 17.6 Å². The molecule has 3 nitrogen and oxygen atoms in total. The van der Waals surface area contributed by atoms with Crippen LogP contribution in [0.3, 0.4) is 0 Å². The first-order chi connectivity index (χ1) is 6.47. The van der Waals surface area contributed by atoms with Gasteiger partial charge < -0.3 is 4.42 Å². The largest absolute Gasteiger partial charge is 0.439 e. The Bertz CT molecular complexity index is 475. The van der Waals surface area contributed by atoms with Gasteiger partial charge >= 0.3 is 6.18 Å². The van der Waals surface area contributed by atoms with Crippen molar-refractivity contribution in [2.24, 2.45) is 0 Å². The Balaban J connectivity index is 2.62. The molecule has 0 bridgehead atoms. The molecular formula is C8H5F3N2O. The number of oxazole rings is 1. The summed E-state index contributed by atoms with van der Waals surface area (Å²) in [7, 11) is 0. The van der Waals surface area contributed by atoms with Gasteiger partial charge in [-0.25, -0.2) is 9.97 Å². The molecule has 0 atom stereocenters. The zero-order valence-corrected chi connectivity index (χ0v) is 7.09. The van der Waals surface area contributed by atoms with Crippen molar-refractivity contribution >= 4 is 11.1 Å². The highest BCUT2D eigenvalue weighted by molar-refractivity contribution is 5.71. The Hall–Kier alpha value is -1.59. The molecule has 0 amide bonds. The molecule has 0 saturated carbocycles. The maximum absolute atomic E-state index is 12.2. The predicted molar refractivity (Wildman–Crippen MR) is 41.5 cm³/mol. The Morgan fingerprint density at radius 3 is 2.71 bits per heavy atom. The predicted octanol–water partition coefficient (Wildman–Crippen LogP) is 2.55. The average molecular weight is 202 g/mol. The Labute approximate surface area is 76.6 Å². The molecule has 6 heteroatoms. The van der Waals surface area contributed by atoms with Crippen molar-refractivity contribution in [3.8, 4) is 0 Å². The van der Waals surface area contributed by atoms with Crippen LogP contribution >= 0.6 is 0 Å². The van der Waals surface area contributed by atoms with Gasteiger partial charge in [-0.15, -0.1) is 0 Å². The van der Waals surface area contributed by atoms with Crippen molar-refractivity contribution in [3.63, 3.8) is 0 Å². The summed E-state index contributed by atoms with van der Waals surface area (Å²) in [6.07, 6.45) is -3.42. The SMILES string of the molecule is Cc1nc2cc(C(F)(F)F)ncc2o1. The van der Waals surface area contributed by atoms with Crippen molar-refractivity contribution in [2.45, 2.75) is 13.1 Å². The van der Waals surface area contributed by atoms with Gasteiger partial charge in [-0.05, 0) is 6.07 Å². The van der Waals surface area contributed by atoms with Gasteiger partial charge in [-0.1, -0.05) is 0 Å². The minimum Gasteiger partial charge on any atom is -0.439 e. The number of aryl methyl sites for hydroxylation is 1. The van der Waals surface area contributed by atoms with E-state index in [0.29, 0.717) is 5.89 Å². The van der Waals surface area contributed by atoms with Crippen LogP contribution in [0, 0.1) is 6.92 Å². The van der Waals surface area contributed by atoms with Crippen LogP contribution in [-0.4, -0.2) is 9.97 Å². The third-order valence-corrected chi connectivity index (χ3v) is 1.67. The number of nitrogens with zero attached hydrogens (tertiary/aromatic N) is 2. The van der Waals surface area contributed by atoms with Gasteiger partial charge in [0, 0.05) is 6.92 Å². The van der Waals surface area contributed by atoms with Crippen molar-refractivity contribution in [1.29, 1.82) is 0 Å². The summed E-state index contributed by atoms with van der Waals surface area (Å²) in [5.74, 6) is 0.320. The number of pyridine rings is 1. The number of fused-ring (bicyclic) bond motifs is 1. The molecule has 0 aliphatic carbocycles. The Kier molecular flexibility index (Phi) is 1.73. The van der Waals surface area contributed by atoms with Gasteiger partial charge in [0.2, 0.25) is 0 Å². The van der Waals surface area contributed by atoms with E-state index in [1.54, 1.807) is 6.92 Å². The van der Waals surface area contributed by atoms with Gasteiger partial charge in [0.1, 0.15) is 11.2 Å². The van der Waals surface area contributed by atoms with Crippen molar-refractivity contribution in [2.75, 3.05) is 0 Å². The van der Waals surface area contributed by atoms with E-state index in [2.05, 4.69) is 9.97 Å². The van der Waals surface area contributed by atoms with Gasteiger partial charge in [0.05, 0.1) is 6.20 Å². The lowest BCUT2D eigenvalue weighted by atomic mass is 10.3. The van der Waals surface area contributed by atoms with Crippen LogP contribution in [0.5, 0.6) is 0 Å². The van der Waals surface area contributed by atoms with Gasteiger partial charge in [-0.2, -0.15) is 13.2 Å². The first-order valence-electron chi connectivity index (χ1n) is 3.77. The number of alkyl halides is 3. The summed E-state index contributed by atoms with van der Waals surface area (Å²) in [5, 5.41) is 0. The maximum atomic E-state index is 12.2. The highest BCUT2D eigenvalue weighted by atomic mass is 19.4. The van der Waals surface area contributed by atoms with Crippen LogP contribution in [0.25, 0.3) is 11.1 Å². The van der Waals surface area contributed by atoms with E-state index < -0.39 is 11.9 Å². The van der Waals surface area contributed by atoms with E-state index in [9.17, 15) is 13.2 Å². The van der Waals surface area contributed by atoms with E-state index in [-0.39, 0.29) is 11.1 Å². The third-order valence-electron chi connectivity index (χ3n) is 1.67. The summed E-state index contributed by atoms with van der Waals surface area (Å²) in [4.78, 5) is 7.01. The average Bonchev–Trinajstić information content (AvgIpc) is 2.41. The molecule has 0 fully saturated rings.